The second-order valence-corrected chi connectivity index (χ2v) is 7.94. The van der Waals surface area contributed by atoms with Crippen LogP contribution in [0.2, 0.25) is 0 Å². The molecule has 9 heteroatoms. The molecule has 0 radical (unpaired) electrons. The van der Waals surface area contributed by atoms with Gasteiger partial charge in [0.25, 0.3) is 0 Å². The molecule has 0 aromatic carbocycles. The molecule has 1 amide bonds. The zero-order chi connectivity index (χ0) is 24.0. The molecule has 1 N–H and O–H groups in total. The van der Waals surface area contributed by atoms with Gasteiger partial charge in [-0.1, -0.05) is 0 Å². The number of methoxy groups -OCH3 is 2. The van der Waals surface area contributed by atoms with Gasteiger partial charge in [-0.3, -0.25) is 4.79 Å². The largest absolute Gasteiger partial charge is 0.491 e. The third-order valence-corrected chi connectivity index (χ3v) is 5.76. The van der Waals surface area contributed by atoms with Crippen LogP contribution in [-0.4, -0.2) is 62.8 Å². The Balaban J connectivity index is 2.15. The minimum Gasteiger partial charge on any atom is -0.491 e. The van der Waals surface area contributed by atoms with Crippen molar-refractivity contribution < 1.29 is 23.7 Å². The summed E-state index contributed by atoms with van der Waals surface area (Å²) in [6, 6.07) is 3.79. The molecule has 0 saturated carbocycles. The van der Waals surface area contributed by atoms with Crippen molar-refractivity contribution in [3.63, 3.8) is 0 Å². The van der Waals surface area contributed by atoms with Gasteiger partial charge >= 0.3 is 0 Å². The van der Waals surface area contributed by atoms with E-state index >= 15 is 0 Å². The van der Waals surface area contributed by atoms with Gasteiger partial charge < -0.3 is 28.8 Å². The first kappa shape index (κ1) is 24.6. The molecular weight excluding hydrogens is 424 g/mol. The van der Waals surface area contributed by atoms with Crippen LogP contribution < -0.4 is 10.1 Å². The van der Waals surface area contributed by atoms with E-state index in [1.165, 1.54) is 6.92 Å². The lowest BCUT2D eigenvalue weighted by Gasteiger charge is -2.26. The maximum absolute atomic E-state index is 11.6. The van der Waals surface area contributed by atoms with Gasteiger partial charge in [-0.15, -0.1) is 0 Å². The minimum absolute atomic E-state index is 0.221. The Morgan fingerprint density at radius 1 is 1.39 bits per heavy atom. The number of pyridine rings is 1. The summed E-state index contributed by atoms with van der Waals surface area (Å²) in [5.41, 5.74) is 3.54. The van der Waals surface area contributed by atoms with Gasteiger partial charge in [0.05, 0.1) is 24.6 Å². The second-order valence-electron chi connectivity index (χ2n) is 7.94. The lowest BCUT2D eigenvalue weighted by atomic mass is 9.96. The highest BCUT2D eigenvalue weighted by Crippen LogP contribution is 2.37. The van der Waals surface area contributed by atoms with Crippen molar-refractivity contribution in [2.24, 2.45) is 12.0 Å². The lowest BCUT2D eigenvalue weighted by molar-refractivity contribution is -0.118. The number of rotatable bonds is 10. The van der Waals surface area contributed by atoms with Crippen LogP contribution in [0.25, 0.3) is 17.3 Å². The summed E-state index contributed by atoms with van der Waals surface area (Å²) in [7, 11) is 5.26. The molecular formula is C24H32N4O5. The Bertz CT molecular complexity index is 1040. The van der Waals surface area contributed by atoms with Crippen molar-refractivity contribution in [1.29, 1.82) is 0 Å². The first-order chi connectivity index (χ1) is 15.8. The molecule has 178 valence electrons. The average molecular weight is 457 g/mol. The molecule has 1 aliphatic heterocycles. The summed E-state index contributed by atoms with van der Waals surface area (Å²) in [4.78, 5) is 20.5. The van der Waals surface area contributed by atoms with Crippen LogP contribution in [0.5, 0.6) is 5.75 Å². The smallest absolute Gasteiger partial charge is 0.222 e. The van der Waals surface area contributed by atoms with Gasteiger partial charge in [0, 0.05) is 76.4 Å². The standard InChI is InChI=1S/C24H32N4O5/c1-16-19(13-23(25-3)26-17(2)29)20(14-28(16)4)21-11-18(33-10-9-30-5)12-22(27-21)24(31-6)7-8-32-15-24/h11-14H,3,7-10,15H2,1-2,4-6H3,(H,26,29)/b23-13+/t24-/m0/s1. The van der Waals surface area contributed by atoms with Crippen LogP contribution in [0.3, 0.4) is 0 Å². The van der Waals surface area contributed by atoms with Gasteiger partial charge in [-0.2, -0.15) is 0 Å². The zero-order valence-corrected chi connectivity index (χ0v) is 19.9. The number of carbonyl (C=O) groups is 1. The summed E-state index contributed by atoms with van der Waals surface area (Å²) >= 11 is 0. The van der Waals surface area contributed by atoms with Crippen LogP contribution in [0.1, 0.15) is 30.3 Å². The predicted molar refractivity (Wildman–Crippen MR) is 126 cm³/mol. The molecule has 1 atom stereocenters. The second kappa shape index (κ2) is 10.7. The Hall–Kier alpha value is -3.01. The molecule has 1 saturated heterocycles. The van der Waals surface area contributed by atoms with Crippen LogP contribution in [0.15, 0.2) is 29.1 Å². The molecule has 0 bridgehead atoms. The van der Waals surface area contributed by atoms with Crippen molar-refractivity contribution in [3.8, 4) is 17.0 Å². The highest BCUT2D eigenvalue weighted by atomic mass is 16.6. The lowest BCUT2D eigenvalue weighted by Crippen LogP contribution is -2.30. The average Bonchev–Trinajstić information content (AvgIpc) is 3.39. The highest BCUT2D eigenvalue weighted by Gasteiger charge is 2.39. The number of carbonyl (C=O) groups excluding carboxylic acids is 1. The van der Waals surface area contributed by atoms with E-state index in [1.54, 1.807) is 20.3 Å². The molecule has 0 unspecified atom stereocenters. The highest BCUT2D eigenvalue weighted by molar-refractivity contribution is 5.80. The van der Waals surface area contributed by atoms with Crippen molar-refractivity contribution >= 4 is 18.7 Å². The number of nitrogens with one attached hydrogen (secondary N) is 1. The normalized spacial score (nSPS) is 18.4. The Labute approximate surface area is 194 Å². The topological polar surface area (TPSA) is 96.2 Å². The van der Waals surface area contributed by atoms with E-state index in [9.17, 15) is 4.79 Å². The number of ether oxygens (including phenoxy) is 4. The number of amides is 1. The quantitative estimate of drug-likeness (QED) is 0.436. The van der Waals surface area contributed by atoms with Crippen molar-refractivity contribution in [2.75, 3.05) is 40.6 Å². The molecule has 0 spiro atoms. The first-order valence-corrected chi connectivity index (χ1v) is 10.7. The summed E-state index contributed by atoms with van der Waals surface area (Å²) in [6.07, 6.45) is 4.49. The summed E-state index contributed by atoms with van der Waals surface area (Å²) in [6.45, 7) is 8.89. The zero-order valence-electron chi connectivity index (χ0n) is 19.9. The van der Waals surface area contributed by atoms with E-state index in [2.05, 4.69) is 17.0 Å². The van der Waals surface area contributed by atoms with Gasteiger partial charge in [0.1, 0.15) is 23.8 Å². The van der Waals surface area contributed by atoms with Crippen LogP contribution in [0, 0.1) is 6.92 Å². The number of aromatic nitrogens is 2. The molecule has 0 aliphatic carbocycles. The molecule has 2 aromatic rings. The fourth-order valence-corrected chi connectivity index (χ4v) is 3.79. The van der Waals surface area contributed by atoms with E-state index in [0.717, 1.165) is 22.5 Å². The Morgan fingerprint density at radius 2 is 2.18 bits per heavy atom. The number of nitrogens with zero attached hydrogens (tertiary/aromatic N) is 3. The maximum atomic E-state index is 11.6. The van der Waals surface area contributed by atoms with E-state index in [0.29, 0.717) is 50.1 Å². The van der Waals surface area contributed by atoms with E-state index < -0.39 is 5.60 Å². The molecule has 1 aliphatic rings. The molecule has 2 aromatic heterocycles. The van der Waals surface area contributed by atoms with E-state index in [-0.39, 0.29) is 5.91 Å². The van der Waals surface area contributed by atoms with Gasteiger partial charge in [-0.25, -0.2) is 9.98 Å². The number of hydrogen-bond acceptors (Lipinski definition) is 7. The molecule has 9 nitrogen and oxygen atoms in total. The van der Waals surface area contributed by atoms with E-state index in [4.69, 9.17) is 23.9 Å². The molecule has 1 fully saturated rings. The summed E-state index contributed by atoms with van der Waals surface area (Å²) < 4.78 is 24.6. The molecule has 33 heavy (non-hydrogen) atoms. The number of hydrogen-bond donors (Lipinski definition) is 1. The van der Waals surface area contributed by atoms with Crippen molar-refractivity contribution in [1.82, 2.24) is 14.9 Å². The molecule has 3 heterocycles. The third kappa shape index (κ3) is 5.50. The van der Waals surface area contributed by atoms with Crippen molar-refractivity contribution in [2.45, 2.75) is 25.9 Å². The minimum atomic E-state index is -0.640. The SMILES string of the molecule is C=N/C(=C\c1c(-c2cc(OCCOC)cc([C@]3(OC)CCOC3)n2)cn(C)c1C)NC(C)=O. The summed E-state index contributed by atoms with van der Waals surface area (Å²) in [5, 5.41) is 2.70. The van der Waals surface area contributed by atoms with Gasteiger partial charge in [0.15, 0.2) is 0 Å². The van der Waals surface area contributed by atoms with Crippen LogP contribution >= 0.6 is 0 Å². The number of aryl methyl sites for hydroxylation is 1. The van der Waals surface area contributed by atoms with Crippen molar-refractivity contribution in [3.05, 3.63) is 41.1 Å². The first-order valence-electron chi connectivity index (χ1n) is 10.7. The monoisotopic (exact) mass is 456 g/mol. The van der Waals surface area contributed by atoms with Gasteiger partial charge in [-0.05, 0) is 19.7 Å². The molecule has 3 rings (SSSR count). The third-order valence-electron chi connectivity index (χ3n) is 5.76. The van der Waals surface area contributed by atoms with Crippen LogP contribution in [-0.2, 0) is 31.7 Å². The van der Waals surface area contributed by atoms with Crippen LogP contribution in [0.4, 0.5) is 0 Å². The maximum Gasteiger partial charge on any atom is 0.222 e. The van der Waals surface area contributed by atoms with E-state index in [1.807, 2.05) is 36.9 Å². The fraction of sp³-hybridized carbons (Fsp3) is 0.458. The Kier molecular flexibility index (Phi) is 8.01. The number of aliphatic imine (C=N–C) groups is 1. The van der Waals surface area contributed by atoms with Gasteiger partial charge in [0.2, 0.25) is 5.91 Å². The fourth-order valence-electron chi connectivity index (χ4n) is 3.79. The Morgan fingerprint density at radius 3 is 2.79 bits per heavy atom. The predicted octanol–water partition coefficient (Wildman–Crippen LogP) is 2.82. The summed E-state index contributed by atoms with van der Waals surface area (Å²) in [5.74, 6) is 0.806.